The normalized spacial score (nSPS) is 22.8. The van der Waals surface area contributed by atoms with Crippen molar-refractivity contribution in [3.63, 3.8) is 0 Å². The minimum Gasteiger partial charge on any atom is -0.381 e. The zero-order valence-electron chi connectivity index (χ0n) is 20.1. The van der Waals surface area contributed by atoms with Crippen molar-refractivity contribution in [1.29, 1.82) is 0 Å². The molecule has 7 nitrogen and oxygen atoms in total. The molecule has 2 fully saturated rings. The molecule has 1 aromatic carbocycles. The van der Waals surface area contributed by atoms with Gasteiger partial charge in [-0.2, -0.15) is 0 Å². The van der Waals surface area contributed by atoms with E-state index >= 15 is 0 Å². The van der Waals surface area contributed by atoms with Crippen LogP contribution in [0.2, 0.25) is 0 Å². The second-order valence-corrected chi connectivity index (χ2v) is 9.89. The Morgan fingerprint density at radius 3 is 2.79 bits per heavy atom. The molecule has 0 saturated carbocycles. The molecule has 1 aromatic heterocycles. The van der Waals surface area contributed by atoms with Gasteiger partial charge in [0, 0.05) is 64.3 Å². The fraction of sp³-hybridized carbons (Fsp3) is 0.577. The van der Waals surface area contributed by atoms with Crippen molar-refractivity contribution in [3.8, 4) is 0 Å². The van der Waals surface area contributed by atoms with Gasteiger partial charge in [-0.05, 0) is 38.8 Å². The number of likely N-dealkylation sites (tertiary alicyclic amines) is 1. The van der Waals surface area contributed by atoms with E-state index in [4.69, 9.17) is 14.7 Å². The Balaban J connectivity index is 1.40. The smallest absolute Gasteiger partial charge is 0.233 e. The molecule has 3 aliphatic heterocycles. The number of likely N-dealkylation sites (N-methyl/N-ethyl adjacent to an activating group) is 1. The fourth-order valence-electron chi connectivity index (χ4n) is 5.70. The van der Waals surface area contributed by atoms with E-state index in [-0.39, 0.29) is 11.8 Å². The van der Waals surface area contributed by atoms with E-state index in [1.165, 1.54) is 11.1 Å². The highest BCUT2D eigenvalue weighted by Gasteiger charge is 2.46. The molecule has 33 heavy (non-hydrogen) atoms. The number of fused-ring (bicyclic) bond motifs is 1. The molecule has 1 N–H and O–H groups in total. The molecule has 0 unspecified atom stereocenters. The summed E-state index contributed by atoms with van der Waals surface area (Å²) >= 11 is 0. The van der Waals surface area contributed by atoms with Gasteiger partial charge in [-0.3, -0.25) is 4.79 Å². The third kappa shape index (κ3) is 4.13. The second kappa shape index (κ2) is 9.03. The van der Waals surface area contributed by atoms with Crippen molar-refractivity contribution in [2.24, 2.45) is 0 Å². The van der Waals surface area contributed by atoms with E-state index < -0.39 is 5.41 Å². The third-order valence-electron chi connectivity index (χ3n) is 7.67. The van der Waals surface area contributed by atoms with Crippen molar-refractivity contribution >= 4 is 11.7 Å². The first kappa shape index (κ1) is 22.3. The lowest BCUT2D eigenvalue weighted by molar-refractivity contribution is -0.140. The number of carbonyl (C=O) groups excluding carboxylic acids is 1. The van der Waals surface area contributed by atoms with E-state index in [9.17, 15) is 4.79 Å². The van der Waals surface area contributed by atoms with Gasteiger partial charge in [0.05, 0.1) is 11.1 Å². The van der Waals surface area contributed by atoms with E-state index in [1.807, 2.05) is 7.05 Å². The van der Waals surface area contributed by atoms with Gasteiger partial charge in [0.1, 0.15) is 11.6 Å². The Kier molecular flexibility index (Phi) is 6.10. The van der Waals surface area contributed by atoms with Gasteiger partial charge in [0.25, 0.3) is 0 Å². The van der Waals surface area contributed by atoms with Crippen LogP contribution in [-0.4, -0.2) is 72.6 Å². The van der Waals surface area contributed by atoms with Crippen LogP contribution in [0.1, 0.15) is 53.4 Å². The quantitative estimate of drug-likeness (QED) is 0.774. The Morgan fingerprint density at radius 2 is 2.03 bits per heavy atom. The van der Waals surface area contributed by atoms with Crippen molar-refractivity contribution in [1.82, 2.24) is 19.8 Å². The van der Waals surface area contributed by atoms with E-state index in [2.05, 4.69) is 53.4 Å². The number of hydrogen-bond acceptors (Lipinski definition) is 6. The number of amides is 1. The molecule has 0 aliphatic carbocycles. The van der Waals surface area contributed by atoms with Gasteiger partial charge in [-0.25, -0.2) is 9.97 Å². The number of nitrogens with zero attached hydrogens (tertiary/aromatic N) is 4. The summed E-state index contributed by atoms with van der Waals surface area (Å²) in [6.07, 6.45) is 3.34. The van der Waals surface area contributed by atoms with Crippen LogP contribution in [0.4, 0.5) is 5.82 Å². The van der Waals surface area contributed by atoms with Crippen molar-refractivity contribution in [2.75, 3.05) is 52.3 Å². The van der Waals surface area contributed by atoms with Crippen LogP contribution >= 0.6 is 0 Å². The highest BCUT2D eigenvalue weighted by Crippen LogP contribution is 2.39. The molecule has 1 amide bonds. The Morgan fingerprint density at radius 1 is 1.21 bits per heavy atom. The van der Waals surface area contributed by atoms with Gasteiger partial charge >= 0.3 is 0 Å². The molecule has 0 radical (unpaired) electrons. The van der Waals surface area contributed by atoms with Crippen LogP contribution in [-0.2, 0) is 27.9 Å². The topological polar surface area (TPSA) is 70.6 Å². The minimum atomic E-state index is -0.489. The largest absolute Gasteiger partial charge is 0.381 e. The summed E-state index contributed by atoms with van der Waals surface area (Å²) in [5, 5.41) is 3.29. The van der Waals surface area contributed by atoms with Crippen molar-refractivity contribution in [2.45, 2.75) is 50.5 Å². The molecule has 3 aliphatic rings. The van der Waals surface area contributed by atoms with E-state index in [1.54, 1.807) is 0 Å². The Bertz CT molecular complexity index is 1020. The molecule has 0 bridgehead atoms. The van der Waals surface area contributed by atoms with Crippen molar-refractivity contribution in [3.05, 3.63) is 52.5 Å². The van der Waals surface area contributed by atoms with Crippen LogP contribution in [0.15, 0.2) is 24.3 Å². The highest BCUT2D eigenvalue weighted by atomic mass is 16.5. The zero-order valence-corrected chi connectivity index (χ0v) is 20.1. The summed E-state index contributed by atoms with van der Waals surface area (Å²) < 4.78 is 5.66. The fourth-order valence-corrected chi connectivity index (χ4v) is 5.70. The molecule has 0 spiro atoms. The maximum atomic E-state index is 14.0. The maximum Gasteiger partial charge on any atom is 0.233 e. The standard InChI is InChI=1S/C26H35N5O2/c1-18-5-4-6-20(15-18)26(9-13-33-14-10-26)25(32)31-12-7-19(16-31)23-28-22-8-11-30(3)17-21(22)24(27-2)29-23/h4-6,15,19H,7-14,16-17H2,1-3H3,(H,27,28,29)/t19-/m0/s1. The molecule has 7 heteroatoms. The van der Waals surface area contributed by atoms with Crippen LogP contribution in [0.5, 0.6) is 0 Å². The molecule has 1 atom stereocenters. The number of aryl methyl sites for hydroxylation is 1. The average Bonchev–Trinajstić information content (AvgIpc) is 3.33. The van der Waals surface area contributed by atoms with Crippen LogP contribution < -0.4 is 5.32 Å². The highest BCUT2D eigenvalue weighted by molar-refractivity contribution is 5.89. The molecular formula is C26H35N5O2. The Hall–Kier alpha value is -2.51. The zero-order chi connectivity index (χ0) is 23.0. The van der Waals surface area contributed by atoms with Gasteiger partial charge in [0.15, 0.2) is 0 Å². The number of anilines is 1. The van der Waals surface area contributed by atoms with Gasteiger partial charge in [-0.1, -0.05) is 29.8 Å². The minimum absolute atomic E-state index is 0.181. The lowest BCUT2D eigenvalue weighted by Gasteiger charge is -2.39. The maximum absolute atomic E-state index is 14.0. The first-order valence-corrected chi connectivity index (χ1v) is 12.2. The third-order valence-corrected chi connectivity index (χ3v) is 7.67. The number of benzene rings is 1. The molecule has 2 saturated heterocycles. The summed E-state index contributed by atoms with van der Waals surface area (Å²) in [6.45, 7) is 6.70. The van der Waals surface area contributed by atoms with Gasteiger partial charge in [0.2, 0.25) is 5.91 Å². The second-order valence-electron chi connectivity index (χ2n) is 9.89. The van der Waals surface area contributed by atoms with E-state index in [0.29, 0.717) is 19.8 Å². The summed E-state index contributed by atoms with van der Waals surface area (Å²) in [6, 6.07) is 8.46. The van der Waals surface area contributed by atoms with Crippen LogP contribution in [0.3, 0.4) is 0 Å². The van der Waals surface area contributed by atoms with E-state index in [0.717, 1.165) is 68.2 Å². The molecule has 4 heterocycles. The van der Waals surface area contributed by atoms with Crippen LogP contribution in [0, 0.1) is 6.92 Å². The van der Waals surface area contributed by atoms with Gasteiger partial charge < -0.3 is 19.9 Å². The lowest BCUT2D eigenvalue weighted by atomic mass is 9.72. The lowest BCUT2D eigenvalue weighted by Crippen LogP contribution is -2.49. The number of carbonyl (C=O) groups is 1. The number of rotatable bonds is 4. The number of aromatic nitrogens is 2. The molecular weight excluding hydrogens is 414 g/mol. The summed E-state index contributed by atoms with van der Waals surface area (Å²) in [7, 11) is 4.07. The summed E-state index contributed by atoms with van der Waals surface area (Å²) in [4.78, 5) is 28.3. The average molecular weight is 450 g/mol. The summed E-state index contributed by atoms with van der Waals surface area (Å²) in [5.74, 6) is 2.24. The molecule has 176 valence electrons. The number of ether oxygens (including phenoxy) is 1. The first-order valence-electron chi connectivity index (χ1n) is 12.2. The molecule has 2 aromatic rings. The molecule has 5 rings (SSSR count). The predicted molar refractivity (Wildman–Crippen MR) is 128 cm³/mol. The monoisotopic (exact) mass is 449 g/mol. The van der Waals surface area contributed by atoms with Crippen molar-refractivity contribution < 1.29 is 9.53 Å². The first-order chi connectivity index (χ1) is 16.0. The predicted octanol–water partition coefficient (Wildman–Crippen LogP) is 2.88. The number of nitrogens with one attached hydrogen (secondary N) is 1. The van der Waals surface area contributed by atoms with Crippen LogP contribution in [0.25, 0.3) is 0 Å². The Labute approximate surface area is 196 Å². The summed E-state index contributed by atoms with van der Waals surface area (Å²) in [5.41, 5.74) is 4.20. The van der Waals surface area contributed by atoms with Gasteiger partial charge in [-0.15, -0.1) is 0 Å². The number of hydrogen-bond donors (Lipinski definition) is 1. The SMILES string of the molecule is CNc1nc([C@H]2CCN(C(=O)C3(c4cccc(C)c4)CCOCC3)C2)nc2c1CN(C)CC2.